The number of hydrogen-bond donors (Lipinski definition) is 1. The minimum absolute atomic E-state index is 0.101. The maximum atomic E-state index is 12.6. The van der Waals surface area contributed by atoms with Crippen molar-refractivity contribution in [1.29, 1.82) is 0 Å². The topological polar surface area (TPSA) is 111 Å². The molecule has 8 nitrogen and oxygen atoms in total. The summed E-state index contributed by atoms with van der Waals surface area (Å²) in [5, 5.41) is 4.20. The minimum Gasteiger partial charge on any atom is -0.368 e. The average molecular weight is 390 g/mol. The molecule has 0 bridgehead atoms. The van der Waals surface area contributed by atoms with Gasteiger partial charge in [-0.3, -0.25) is 4.79 Å². The molecule has 3 heterocycles. The number of nitrogen functional groups attached to an aromatic ring is 1. The van der Waals surface area contributed by atoms with Crippen LogP contribution in [0.5, 0.6) is 0 Å². The molecule has 8 heteroatoms. The first-order valence-corrected chi connectivity index (χ1v) is 9.98. The van der Waals surface area contributed by atoms with E-state index in [2.05, 4.69) is 32.2 Å². The summed E-state index contributed by atoms with van der Waals surface area (Å²) >= 11 is 0. The van der Waals surface area contributed by atoms with E-state index in [0.717, 1.165) is 61.9 Å². The van der Waals surface area contributed by atoms with Crippen LogP contribution in [0.3, 0.4) is 0 Å². The van der Waals surface area contributed by atoms with Crippen molar-refractivity contribution < 1.29 is 9.32 Å². The highest BCUT2D eigenvalue weighted by atomic mass is 16.5. The molecule has 2 aromatic heterocycles. The largest absolute Gasteiger partial charge is 0.368 e. The smallest absolute Gasteiger partial charge is 0.316 e. The van der Waals surface area contributed by atoms with E-state index in [1.54, 1.807) is 17.3 Å². The van der Waals surface area contributed by atoms with Gasteiger partial charge in [-0.2, -0.15) is 4.98 Å². The van der Waals surface area contributed by atoms with Crippen molar-refractivity contribution >= 4 is 11.9 Å². The molecule has 0 unspecified atom stereocenters. The van der Waals surface area contributed by atoms with Crippen molar-refractivity contribution in [1.82, 2.24) is 25.0 Å². The molecule has 148 valence electrons. The van der Waals surface area contributed by atoms with E-state index < -0.39 is 0 Å². The number of nitrogens with zero attached hydrogens (tertiary/aromatic N) is 5. The Labute approximate surface area is 168 Å². The summed E-state index contributed by atoms with van der Waals surface area (Å²) in [5.41, 5.74) is 8.33. The van der Waals surface area contributed by atoms with Crippen LogP contribution in [0.25, 0.3) is 11.1 Å². The van der Waals surface area contributed by atoms with Gasteiger partial charge in [-0.15, -0.1) is 0 Å². The normalized spacial score (nSPS) is 17.9. The molecule has 0 spiro atoms. The van der Waals surface area contributed by atoms with Gasteiger partial charge in [-0.1, -0.05) is 35.8 Å². The Balaban J connectivity index is 1.42. The van der Waals surface area contributed by atoms with Crippen molar-refractivity contribution in [3.8, 4) is 11.1 Å². The van der Waals surface area contributed by atoms with E-state index in [0.29, 0.717) is 5.82 Å². The van der Waals surface area contributed by atoms with Crippen LogP contribution in [0.4, 0.5) is 5.95 Å². The van der Waals surface area contributed by atoms with E-state index in [-0.39, 0.29) is 23.2 Å². The van der Waals surface area contributed by atoms with Gasteiger partial charge >= 0.3 is 11.8 Å². The third-order valence-electron chi connectivity index (χ3n) is 6.08. The molecule has 2 fully saturated rings. The molecule has 1 aliphatic heterocycles. The van der Waals surface area contributed by atoms with Crippen LogP contribution in [-0.2, 0) is 5.41 Å². The summed E-state index contributed by atoms with van der Waals surface area (Å²) in [6, 6.07) is 8.26. The third kappa shape index (κ3) is 3.04. The maximum Gasteiger partial charge on any atom is 0.316 e. The number of likely N-dealkylation sites (tertiary alicyclic amines) is 1. The number of aromatic nitrogens is 4. The molecule has 1 amide bonds. The Morgan fingerprint density at radius 2 is 1.69 bits per heavy atom. The standard InChI is InChI=1S/C21H22N6O2/c22-20-23-12-15(13-24-20)14-4-6-16(7-5-14)21(8-3-9-21)19-25-17(29-26-19)18(28)27-10-1-2-11-27/h4-7,12-13H,1-3,8-11H2,(H2,22,23,24). The Bertz CT molecular complexity index is 1020. The van der Waals surface area contributed by atoms with Crippen LogP contribution in [0.1, 0.15) is 54.2 Å². The maximum absolute atomic E-state index is 12.6. The lowest BCUT2D eigenvalue weighted by Crippen LogP contribution is -2.37. The second-order valence-corrected chi connectivity index (χ2v) is 7.77. The Morgan fingerprint density at radius 1 is 1.00 bits per heavy atom. The molecule has 1 aliphatic carbocycles. The van der Waals surface area contributed by atoms with Gasteiger partial charge in [0.2, 0.25) is 5.95 Å². The van der Waals surface area contributed by atoms with Crippen LogP contribution < -0.4 is 5.73 Å². The second kappa shape index (κ2) is 6.95. The molecular formula is C21H22N6O2. The van der Waals surface area contributed by atoms with Gasteiger partial charge in [0.05, 0.1) is 5.41 Å². The zero-order valence-electron chi connectivity index (χ0n) is 16.0. The highest BCUT2D eigenvalue weighted by molar-refractivity contribution is 5.89. The fourth-order valence-electron chi connectivity index (χ4n) is 4.20. The Morgan fingerprint density at radius 3 is 2.31 bits per heavy atom. The zero-order valence-corrected chi connectivity index (χ0v) is 16.0. The van der Waals surface area contributed by atoms with Crippen LogP contribution in [0.2, 0.25) is 0 Å². The summed E-state index contributed by atoms with van der Waals surface area (Å²) in [5.74, 6) is 0.809. The number of carbonyl (C=O) groups excluding carboxylic acids is 1. The van der Waals surface area contributed by atoms with E-state index in [1.807, 2.05) is 12.1 Å². The molecule has 29 heavy (non-hydrogen) atoms. The fraction of sp³-hybridized carbons (Fsp3) is 0.381. The van der Waals surface area contributed by atoms with Gasteiger partial charge < -0.3 is 15.2 Å². The number of anilines is 1. The molecule has 0 atom stereocenters. The number of carbonyl (C=O) groups is 1. The van der Waals surface area contributed by atoms with Crippen LogP contribution in [0, 0.1) is 0 Å². The van der Waals surface area contributed by atoms with E-state index >= 15 is 0 Å². The first-order valence-electron chi connectivity index (χ1n) is 9.98. The number of benzene rings is 1. The van der Waals surface area contributed by atoms with E-state index in [1.165, 1.54) is 0 Å². The summed E-state index contributed by atoms with van der Waals surface area (Å²) in [6.07, 6.45) is 8.46. The van der Waals surface area contributed by atoms with Gasteiger partial charge in [0, 0.05) is 31.0 Å². The second-order valence-electron chi connectivity index (χ2n) is 7.77. The molecular weight excluding hydrogens is 368 g/mol. The van der Waals surface area contributed by atoms with Gasteiger partial charge in [-0.25, -0.2) is 9.97 Å². The summed E-state index contributed by atoms with van der Waals surface area (Å²) in [4.78, 5) is 27.0. The molecule has 3 aromatic rings. The Hall–Kier alpha value is -3.29. The van der Waals surface area contributed by atoms with E-state index in [9.17, 15) is 4.79 Å². The Kier molecular flexibility index (Phi) is 4.26. The van der Waals surface area contributed by atoms with Crippen molar-refractivity contribution in [3.05, 3.63) is 53.9 Å². The lowest BCUT2D eigenvalue weighted by Gasteiger charge is -2.39. The van der Waals surface area contributed by atoms with Crippen molar-refractivity contribution in [2.45, 2.75) is 37.5 Å². The lowest BCUT2D eigenvalue weighted by molar-refractivity contribution is 0.0743. The quantitative estimate of drug-likeness (QED) is 0.729. The van der Waals surface area contributed by atoms with Crippen molar-refractivity contribution in [2.24, 2.45) is 0 Å². The molecule has 1 saturated carbocycles. The van der Waals surface area contributed by atoms with Crippen molar-refractivity contribution in [2.75, 3.05) is 18.8 Å². The SMILES string of the molecule is Nc1ncc(-c2ccc(C3(c4noc(C(=O)N5CCCC5)n4)CCC3)cc2)cn1. The van der Waals surface area contributed by atoms with Crippen LogP contribution >= 0.6 is 0 Å². The number of nitrogens with two attached hydrogens (primary N) is 1. The predicted octanol–water partition coefficient (Wildman–Crippen LogP) is 2.81. The number of rotatable bonds is 4. The van der Waals surface area contributed by atoms with Crippen LogP contribution in [0.15, 0.2) is 41.2 Å². The van der Waals surface area contributed by atoms with Crippen molar-refractivity contribution in [3.63, 3.8) is 0 Å². The fourth-order valence-corrected chi connectivity index (χ4v) is 4.20. The van der Waals surface area contributed by atoms with Gasteiger partial charge in [0.25, 0.3) is 0 Å². The summed E-state index contributed by atoms with van der Waals surface area (Å²) < 4.78 is 5.37. The molecule has 1 aromatic carbocycles. The summed E-state index contributed by atoms with van der Waals surface area (Å²) in [6.45, 7) is 1.52. The highest BCUT2D eigenvalue weighted by Gasteiger charge is 2.45. The molecule has 5 rings (SSSR count). The summed E-state index contributed by atoms with van der Waals surface area (Å²) in [7, 11) is 0. The lowest BCUT2D eigenvalue weighted by atomic mass is 9.64. The first kappa shape index (κ1) is 17.8. The van der Waals surface area contributed by atoms with Gasteiger partial charge in [0.1, 0.15) is 0 Å². The molecule has 2 aliphatic rings. The number of hydrogen-bond acceptors (Lipinski definition) is 7. The van der Waals surface area contributed by atoms with E-state index in [4.69, 9.17) is 10.3 Å². The zero-order chi connectivity index (χ0) is 19.8. The third-order valence-corrected chi connectivity index (χ3v) is 6.08. The first-order chi connectivity index (χ1) is 14.2. The van der Waals surface area contributed by atoms with Gasteiger partial charge in [0.15, 0.2) is 5.82 Å². The number of amides is 1. The van der Waals surface area contributed by atoms with Crippen LogP contribution in [-0.4, -0.2) is 44.0 Å². The predicted molar refractivity (Wildman–Crippen MR) is 106 cm³/mol. The molecule has 2 N–H and O–H groups in total. The molecule has 1 saturated heterocycles. The average Bonchev–Trinajstić information content (AvgIpc) is 3.41. The monoisotopic (exact) mass is 390 g/mol. The minimum atomic E-state index is -0.289. The molecule has 0 radical (unpaired) electrons. The van der Waals surface area contributed by atoms with Gasteiger partial charge in [-0.05, 0) is 36.8 Å². The highest BCUT2D eigenvalue weighted by Crippen LogP contribution is 2.48.